The minimum absolute atomic E-state index is 0.350. The Balaban J connectivity index is 2.64. The number of nitrogens with one attached hydrogen (secondary N) is 1. The van der Waals surface area contributed by atoms with Gasteiger partial charge in [-0.1, -0.05) is 17.7 Å². The summed E-state index contributed by atoms with van der Waals surface area (Å²) in [6, 6.07) is 7.12. The fourth-order valence-electron chi connectivity index (χ4n) is 1.38. The largest absolute Gasteiger partial charge is 0.442 e. The molecular weight excluding hydrogens is 244 g/mol. The Bertz CT molecular complexity index is 478. The number of nitrogens with zero attached hydrogens (tertiary/aromatic N) is 1. The number of benzene rings is 1. The van der Waals surface area contributed by atoms with Crippen molar-refractivity contribution in [3.63, 3.8) is 0 Å². The molecule has 1 N–H and O–H groups in total. The third kappa shape index (κ3) is 4.99. The number of ether oxygens (including phenoxy) is 1. The Morgan fingerprint density at radius 2 is 1.89 bits per heavy atom. The van der Waals surface area contributed by atoms with Gasteiger partial charge in [-0.05, 0) is 39.8 Å². The van der Waals surface area contributed by atoms with Crippen molar-refractivity contribution in [3.8, 4) is 0 Å². The van der Waals surface area contributed by atoms with E-state index >= 15 is 0 Å². The average Bonchev–Trinajstić information content (AvgIpc) is 2.26. The summed E-state index contributed by atoms with van der Waals surface area (Å²) in [6.07, 6.45) is -0.603. The summed E-state index contributed by atoms with van der Waals surface area (Å²) < 4.78 is 5.13. The number of carbonyl (C=O) groups is 2. The molecule has 0 radical (unpaired) electrons. The Morgan fingerprint density at radius 3 is 2.42 bits per heavy atom. The SMILES string of the molecule is Cc1cccc(C(=O)NN(C)C(=O)OC(C)(C)C)c1. The van der Waals surface area contributed by atoms with Gasteiger partial charge in [0.2, 0.25) is 0 Å². The molecule has 0 aliphatic heterocycles. The Morgan fingerprint density at radius 1 is 1.26 bits per heavy atom. The van der Waals surface area contributed by atoms with Crippen LogP contribution in [0.25, 0.3) is 0 Å². The van der Waals surface area contributed by atoms with Gasteiger partial charge in [0.25, 0.3) is 5.91 Å². The average molecular weight is 264 g/mol. The quantitative estimate of drug-likeness (QED) is 0.793. The standard InChI is InChI=1S/C14H20N2O3/c1-10-7-6-8-11(9-10)12(17)15-16(5)13(18)19-14(2,3)4/h6-9H,1-5H3,(H,15,17). The lowest BCUT2D eigenvalue weighted by molar-refractivity contribution is 0.0195. The molecule has 0 spiro atoms. The van der Waals surface area contributed by atoms with Crippen molar-refractivity contribution in [2.75, 3.05) is 7.05 Å². The summed E-state index contributed by atoms with van der Waals surface area (Å²) in [5.41, 5.74) is 3.34. The Hall–Kier alpha value is -2.04. The topological polar surface area (TPSA) is 58.6 Å². The number of rotatable bonds is 1. The second kappa shape index (κ2) is 5.73. The van der Waals surface area contributed by atoms with Gasteiger partial charge >= 0.3 is 6.09 Å². The third-order valence-corrected chi connectivity index (χ3v) is 2.22. The number of amides is 2. The highest BCUT2D eigenvalue weighted by Crippen LogP contribution is 2.09. The highest BCUT2D eigenvalue weighted by atomic mass is 16.6. The Kier molecular flexibility index (Phi) is 4.53. The number of carbonyl (C=O) groups excluding carboxylic acids is 2. The highest BCUT2D eigenvalue weighted by Gasteiger charge is 2.21. The van der Waals surface area contributed by atoms with Crippen LogP contribution in [0.2, 0.25) is 0 Å². The van der Waals surface area contributed by atoms with Crippen LogP contribution < -0.4 is 5.43 Å². The molecule has 5 heteroatoms. The Labute approximate surface area is 113 Å². The first-order chi connectivity index (χ1) is 8.69. The summed E-state index contributed by atoms with van der Waals surface area (Å²) in [5.74, 6) is -0.350. The molecule has 0 fully saturated rings. The second-order valence-corrected chi connectivity index (χ2v) is 5.35. The zero-order valence-corrected chi connectivity index (χ0v) is 12.0. The van der Waals surface area contributed by atoms with Gasteiger partial charge in [0, 0.05) is 12.6 Å². The fourth-order valence-corrected chi connectivity index (χ4v) is 1.38. The molecule has 1 aromatic carbocycles. The smallest absolute Gasteiger partial charge is 0.428 e. The van der Waals surface area contributed by atoms with E-state index in [0.29, 0.717) is 5.56 Å². The molecule has 1 aromatic rings. The molecule has 0 aliphatic carbocycles. The number of hydrogen-bond acceptors (Lipinski definition) is 3. The lowest BCUT2D eigenvalue weighted by atomic mass is 10.1. The summed E-state index contributed by atoms with van der Waals surface area (Å²) >= 11 is 0. The normalized spacial score (nSPS) is 10.8. The maximum Gasteiger partial charge on any atom is 0.428 e. The van der Waals surface area contributed by atoms with Gasteiger partial charge in [0.1, 0.15) is 5.60 Å². The molecule has 0 bridgehead atoms. The highest BCUT2D eigenvalue weighted by molar-refractivity contribution is 5.95. The molecule has 104 valence electrons. The molecule has 1 rings (SSSR count). The summed E-state index contributed by atoms with van der Waals surface area (Å²) in [7, 11) is 1.45. The van der Waals surface area contributed by atoms with Crippen molar-refractivity contribution in [3.05, 3.63) is 35.4 Å². The maximum atomic E-state index is 11.9. The molecule has 2 amide bonds. The van der Waals surface area contributed by atoms with Crippen molar-refractivity contribution in [2.24, 2.45) is 0 Å². The van der Waals surface area contributed by atoms with Gasteiger partial charge in [-0.15, -0.1) is 0 Å². The van der Waals surface area contributed by atoms with Crippen molar-refractivity contribution < 1.29 is 14.3 Å². The van der Waals surface area contributed by atoms with Gasteiger partial charge in [-0.3, -0.25) is 10.2 Å². The molecule has 0 aromatic heterocycles. The van der Waals surface area contributed by atoms with Gasteiger partial charge in [0.15, 0.2) is 0 Å². The first kappa shape index (κ1) is 15.0. The van der Waals surface area contributed by atoms with Crippen LogP contribution in [0.5, 0.6) is 0 Å². The van der Waals surface area contributed by atoms with E-state index in [0.717, 1.165) is 10.6 Å². The summed E-state index contributed by atoms with van der Waals surface area (Å²) in [6.45, 7) is 7.19. The second-order valence-electron chi connectivity index (χ2n) is 5.35. The molecule has 19 heavy (non-hydrogen) atoms. The summed E-state index contributed by atoms with van der Waals surface area (Å²) in [5, 5.41) is 1.04. The van der Waals surface area contributed by atoms with Crippen LogP contribution in [0.4, 0.5) is 4.79 Å². The van der Waals surface area contributed by atoms with Crippen molar-refractivity contribution in [2.45, 2.75) is 33.3 Å². The van der Waals surface area contributed by atoms with Crippen LogP contribution in [0, 0.1) is 6.92 Å². The number of hydrogen-bond donors (Lipinski definition) is 1. The lowest BCUT2D eigenvalue weighted by Crippen LogP contribution is -2.45. The number of aryl methyl sites for hydroxylation is 1. The van der Waals surface area contributed by atoms with Crippen LogP contribution in [0.1, 0.15) is 36.7 Å². The van der Waals surface area contributed by atoms with E-state index in [1.165, 1.54) is 7.05 Å². The van der Waals surface area contributed by atoms with Gasteiger partial charge in [0.05, 0.1) is 0 Å². The van der Waals surface area contributed by atoms with Gasteiger partial charge in [-0.25, -0.2) is 9.80 Å². The van der Waals surface area contributed by atoms with E-state index in [4.69, 9.17) is 4.74 Å². The molecule has 5 nitrogen and oxygen atoms in total. The maximum absolute atomic E-state index is 11.9. The van der Waals surface area contributed by atoms with Crippen molar-refractivity contribution in [1.82, 2.24) is 10.4 Å². The van der Waals surface area contributed by atoms with Crippen LogP contribution >= 0.6 is 0 Å². The van der Waals surface area contributed by atoms with Crippen LogP contribution in [0.15, 0.2) is 24.3 Å². The van der Waals surface area contributed by atoms with Crippen molar-refractivity contribution in [1.29, 1.82) is 0 Å². The molecular formula is C14H20N2O3. The van der Waals surface area contributed by atoms with E-state index in [2.05, 4.69) is 5.43 Å². The lowest BCUT2D eigenvalue weighted by Gasteiger charge is -2.24. The monoisotopic (exact) mass is 264 g/mol. The van der Waals surface area contributed by atoms with E-state index in [1.54, 1.807) is 39.0 Å². The predicted octanol–water partition coefficient (Wildman–Crippen LogP) is 2.51. The molecule has 0 aliphatic rings. The first-order valence-corrected chi connectivity index (χ1v) is 6.03. The minimum Gasteiger partial charge on any atom is -0.442 e. The molecule has 0 saturated carbocycles. The fraction of sp³-hybridized carbons (Fsp3) is 0.429. The van der Waals surface area contributed by atoms with E-state index < -0.39 is 11.7 Å². The first-order valence-electron chi connectivity index (χ1n) is 6.03. The summed E-state index contributed by atoms with van der Waals surface area (Å²) in [4.78, 5) is 23.6. The molecule has 0 unspecified atom stereocenters. The predicted molar refractivity (Wildman–Crippen MR) is 72.6 cm³/mol. The molecule has 0 saturated heterocycles. The molecule has 0 atom stereocenters. The van der Waals surface area contributed by atoms with E-state index in [1.807, 2.05) is 13.0 Å². The van der Waals surface area contributed by atoms with Crippen LogP contribution in [-0.4, -0.2) is 29.7 Å². The van der Waals surface area contributed by atoms with Crippen LogP contribution in [0.3, 0.4) is 0 Å². The van der Waals surface area contributed by atoms with Crippen molar-refractivity contribution >= 4 is 12.0 Å². The minimum atomic E-state index is -0.603. The third-order valence-electron chi connectivity index (χ3n) is 2.22. The van der Waals surface area contributed by atoms with Gasteiger partial charge in [-0.2, -0.15) is 0 Å². The number of hydrazine groups is 1. The van der Waals surface area contributed by atoms with E-state index in [9.17, 15) is 9.59 Å². The molecule has 0 heterocycles. The van der Waals surface area contributed by atoms with E-state index in [-0.39, 0.29) is 5.91 Å². The van der Waals surface area contributed by atoms with Gasteiger partial charge < -0.3 is 4.74 Å². The zero-order chi connectivity index (χ0) is 14.6. The zero-order valence-electron chi connectivity index (χ0n) is 12.0. The van der Waals surface area contributed by atoms with Crippen LogP contribution in [-0.2, 0) is 4.74 Å².